The van der Waals surface area contributed by atoms with Gasteiger partial charge in [-0.25, -0.2) is 0 Å². The summed E-state index contributed by atoms with van der Waals surface area (Å²) in [6, 6.07) is 8.66. The summed E-state index contributed by atoms with van der Waals surface area (Å²) in [4.78, 5) is 9.47. The van der Waals surface area contributed by atoms with Gasteiger partial charge < -0.3 is 25.0 Å². The standard InChI is InChI=1S/C23H39N5O2/c1-19-8-11-27(12-9-19)13-10-25-23(24-2)26-18-22(28-14-16-30-17-15-28)20-4-6-21(29-3)7-5-20/h4-7,19,22H,8-18H2,1-3H3,(H2,24,25,26). The Hall–Kier alpha value is -1.83. The molecule has 2 heterocycles. The normalized spacial score (nSPS) is 20.7. The van der Waals surface area contributed by atoms with E-state index in [4.69, 9.17) is 9.47 Å². The molecule has 2 fully saturated rings. The minimum atomic E-state index is 0.266. The summed E-state index contributed by atoms with van der Waals surface area (Å²) in [5.74, 6) is 2.63. The number of likely N-dealkylation sites (tertiary alicyclic amines) is 1. The van der Waals surface area contributed by atoms with Crippen LogP contribution in [-0.4, -0.2) is 88.9 Å². The Balaban J connectivity index is 1.52. The van der Waals surface area contributed by atoms with Crippen molar-refractivity contribution >= 4 is 5.96 Å². The Labute approximate surface area is 181 Å². The van der Waals surface area contributed by atoms with Crippen LogP contribution in [0.25, 0.3) is 0 Å². The summed E-state index contributed by atoms with van der Waals surface area (Å²) in [5.41, 5.74) is 1.28. The van der Waals surface area contributed by atoms with Crippen LogP contribution in [0.3, 0.4) is 0 Å². The monoisotopic (exact) mass is 417 g/mol. The molecule has 7 nitrogen and oxygen atoms in total. The molecule has 7 heteroatoms. The van der Waals surface area contributed by atoms with Crippen LogP contribution in [0.5, 0.6) is 5.75 Å². The lowest BCUT2D eigenvalue weighted by Crippen LogP contribution is -2.47. The summed E-state index contributed by atoms with van der Waals surface area (Å²) < 4.78 is 10.9. The van der Waals surface area contributed by atoms with Crippen molar-refractivity contribution in [2.75, 3.05) is 73.2 Å². The van der Waals surface area contributed by atoms with Crippen molar-refractivity contribution < 1.29 is 9.47 Å². The molecule has 2 aliphatic heterocycles. The zero-order chi connectivity index (χ0) is 21.2. The summed E-state index contributed by atoms with van der Waals surface area (Å²) in [5, 5.41) is 7.04. The molecule has 2 aliphatic rings. The summed E-state index contributed by atoms with van der Waals surface area (Å²) in [6.07, 6.45) is 2.63. The highest BCUT2D eigenvalue weighted by atomic mass is 16.5. The van der Waals surface area contributed by atoms with Crippen molar-refractivity contribution in [3.05, 3.63) is 29.8 Å². The van der Waals surface area contributed by atoms with Gasteiger partial charge in [-0.1, -0.05) is 19.1 Å². The average Bonchev–Trinajstić information content (AvgIpc) is 2.80. The van der Waals surface area contributed by atoms with Crippen LogP contribution < -0.4 is 15.4 Å². The van der Waals surface area contributed by atoms with Gasteiger partial charge in [-0.2, -0.15) is 0 Å². The molecule has 168 valence electrons. The third-order valence-corrected chi connectivity index (χ3v) is 6.27. The second kappa shape index (κ2) is 12.1. The number of ether oxygens (including phenoxy) is 2. The molecule has 1 unspecified atom stereocenters. The molecule has 1 atom stereocenters. The molecular formula is C23H39N5O2. The first-order valence-electron chi connectivity index (χ1n) is 11.3. The molecule has 2 saturated heterocycles. The fourth-order valence-electron chi connectivity index (χ4n) is 4.21. The molecule has 0 aromatic heterocycles. The number of nitrogens with one attached hydrogen (secondary N) is 2. The predicted octanol–water partition coefficient (Wildman–Crippen LogP) is 1.97. The number of hydrogen-bond donors (Lipinski definition) is 2. The Morgan fingerprint density at radius 3 is 2.47 bits per heavy atom. The van der Waals surface area contributed by atoms with Crippen LogP contribution in [0.4, 0.5) is 0 Å². The van der Waals surface area contributed by atoms with E-state index in [9.17, 15) is 0 Å². The quantitative estimate of drug-likeness (QED) is 0.498. The smallest absolute Gasteiger partial charge is 0.191 e. The third-order valence-electron chi connectivity index (χ3n) is 6.27. The molecule has 0 bridgehead atoms. The van der Waals surface area contributed by atoms with Gasteiger partial charge in [0, 0.05) is 39.8 Å². The molecule has 1 aromatic rings. The Morgan fingerprint density at radius 2 is 1.83 bits per heavy atom. The maximum absolute atomic E-state index is 5.56. The molecule has 0 amide bonds. The minimum absolute atomic E-state index is 0.266. The van der Waals surface area contributed by atoms with Crippen molar-refractivity contribution in [3.8, 4) is 5.75 Å². The van der Waals surface area contributed by atoms with Gasteiger partial charge in [-0.05, 0) is 49.5 Å². The predicted molar refractivity (Wildman–Crippen MR) is 122 cm³/mol. The molecule has 30 heavy (non-hydrogen) atoms. The highest BCUT2D eigenvalue weighted by Gasteiger charge is 2.23. The zero-order valence-corrected chi connectivity index (χ0v) is 18.9. The number of benzene rings is 1. The van der Waals surface area contributed by atoms with Gasteiger partial charge in [0.15, 0.2) is 5.96 Å². The lowest BCUT2D eigenvalue weighted by atomic mass is 9.99. The average molecular weight is 418 g/mol. The van der Waals surface area contributed by atoms with Crippen LogP contribution >= 0.6 is 0 Å². The molecular weight excluding hydrogens is 378 g/mol. The Bertz CT molecular complexity index is 637. The molecule has 0 radical (unpaired) electrons. The topological polar surface area (TPSA) is 61.4 Å². The second-order valence-corrected chi connectivity index (χ2v) is 8.34. The van der Waals surface area contributed by atoms with E-state index in [-0.39, 0.29) is 6.04 Å². The second-order valence-electron chi connectivity index (χ2n) is 8.34. The molecule has 3 rings (SSSR count). The maximum Gasteiger partial charge on any atom is 0.191 e. The SMILES string of the molecule is CN=C(NCCN1CCC(C)CC1)NCC(c1ccc(OC)cc1)N1CCOCC1. The lowest BCUT2D eigenvalue weighted by Gasteiger charge is -2.35. The molecule has 0 aliphatic carbocycles. The maximum atomic E-state index is 5.56. The number of aliphatic imine (C=N–C) groups is 1. The van der Waals surface area contributed by atoms with Crippen LogP contribution in [-0.2, 0) is 4.74 Å². The lowest BCUT2D eigenvalue weighted by molar-refractivity contribution is 0.0170. The van der Waals surface area contributed by atoms with Gasteiger partial charge in [0.25, 0.3) is 0 Å². The summed E-state index contributed by atoms with van der Waals surface area (Å²) in [6.45, 7) is 11.0. The van der Waals surface area contributed by atoms with Crippen molar-refractivity contribution in [2.45, 2.75) is 25.8 Å². The van der Waals surface area contributed by atoms with Gasteiger partial charge in [-0.15, -0.1) is 0 Å². The highest BCUT2D eigenvalue weighted by molar-refractivity contribution is 5.79. The first-order valence-corrected chi connectivity index (χ1v) is 11.3. The van der Waals surface area contributed by atoms with E-state index in [2.05, 4.69) is 44.5 Å². The number of nitrogens with zero attached hydrogens (tertiary/aromatic N) is 3. The van der Waals surface area contributed by atoms with E-state index < -0.39 is 0 Å². The van der Waals surface area contributed by atoms with Gasteiger partial charge in [-0.3, -0.25) is 9.89 Å². The van der Waals surface area contributed by atoms with Crippen molar-refractivity contribution in [1.29, 1.82) is 0 Å². The zero-order valence-electron chi connectivity index (χ0n) is 18.9. The fraction of sp³-hybridized carbons (Fsp3) is 0.696. The highest BCUT2D eigenvalue weighted by Crippen LogP contribution is 2.23. The number of rotatable bonds is 8. The molecule has 2 N–H and O–H groups in total. The number of hydrogen-bond acceptors (Lipinski definition) is 5. The first-order chi connectivity index (χ1) is 14.7. The van der Waals surface area contributed by atoms with Crippen LogP contribution in [0.2, 0.25) is 0 Å². The number of guanidine groups is 1. The van der Waals surface area contributed by atoms with E-state index in [0.717, 1.165) is 63.6 Å². The summed E-state index contributed by atoms with van der Waals surface area (Å²) in [7, 11) is 3.55. The van der Waals surface area contributed by atoms with E-state index >= 15 is 0 Å². The van der Waals surface area contributed by atoms with E-state index in [1.807, 2.05) is 19.2 Å². The largest absolute Gasteiger partial charge is 0.497 e. The third kappa shape index (κ3) is 6.86. The van der Waals surface area contributed by atoms with Gasteiger partial charge >= 0.3 is 0 Å². The molecule has 1 aromatic carbocycles. The van der Waals surface area contributed by atoms with Gasteiger partial charge in [0.1, 0.15) is 5.75 Å². The van der Waals surface area contributed by atoms with Gasteiger partial charge in [0.05, 0.1) is 26.4 Å². The van der Waals surface area contributed by atoms with E-state index in [0.29, 0.717) is 0 Å². The fourth-order valence-corrected chi connectivity index (χ4v) is 4.21. The van der Waals surface area contributed by atoms with E-state index in [1.165, 1.54) is 31.5 Å². The van der Waals surface area contributed by atoms with E-state index in [1.54, 1.807) is 7.11 Å². The summed E-state index contributed by atoms with van der Waals surface area (Å²) >= 11 is 0. The minimum Gasteiger partial charge on any atom is -0.497 e. The Morgan fingerprint density at radius 1 is 1.13 bits per heavy atom. The van der Waals surface area contributed by atoms with Crippen molar-refractivity contribution in [1.82, 2.24) is 20.4 Å². The Kier molecular flexibility index (Phi) is 9.24. The molecule has 0 saturated carbocycles. The number of morpholine rings is 1. The van der Waals surface area contributed by atoms with Crippen molar-refractivity contribution in [2.24, 2.45) is 10.9 Å². The number of methoxy groups -OCH3 is 1. The van der Waals surface area contributed by atoms with Crippen LogP contribution in [0.15, 0.2) is 29.3 Å². The van der Waals surface area contributed by atoms with Crippen molar-refractivity contribution in [3.63, 3.8) is 0 Å². The van der Waals surface area contributed by atoms with Crippen LogP contribution in [0, 0.1) is 5.92 Å². The van der Waals surface area contributed by atoms with Crippen LogP contribution in [0.1, 0.15) is 31.4 Å². The first kappa shape index (κ1) is 22.8. The number of piperidine rings is 1. The molecule has 0 spiro atoms. The van der Waals surface area contributed by atoms with Gasteiger partial charge in [0.2, 0.25) is 0 Å².